The number of carbonyl (C=O) groups is 2. The summed E-state index contributed by atoms with van der Waals surface area (Å²) in [5.41, 5.74) is 1.06. The first kappa shape index (κ1) is 17.3. The minimum Gasteiger partial charge on any atom is -0.481 e. The summed E-state index contributed by atoms with van der Waals surface area (Å²) in [5, 5.41) is 12.2. The first-order valence-electron chi connectivity index (χ1n) is 8.24. The van der Waals surface area contributed by atoms with Gasteiger partial charge in [-0.1, -0.05) is 31.4 Å². The Morgan fingerprint density at radius 2 is 2.00 bits per heavy atom. The van der Waals surface area contributed by atoms with E-state index >= 15 is 0 Å². The molecule has 1 fully saturated rings. The molecule has 1 saturated carbocycles. The van der Waals surface area contributed by atoms with Crippen molar-refractivity contribution in [3.05, 3.63) is 29.8 Å². The summed E-state index contributed by atoms with van der Waals surface area (Å²) in [7, 11) is 0. The smallest absolute Gasteiger partial charge is 0.308 e. The molecule has 0 bridgehead atoms. The maximum Gasteiger partial charge on any atom is 0.308 e. The maximum absolute atomic E-state index is 12.4. The molecule has 126 valence electrons. The van der Waals surface area contributed by atoms with Gasteiger partial charge in [-0.05, 0) is 44.4 Å². The van der Waals surface area contributed by atoms with Crippen LogP contribution in [0.4, 0.5) is 0 Å². The number of carboxylic acids is 1. The van der Waals surface area contributed by atoms with Crippen LogP contribution >= 0.6 is 0 Å². The molecule has 2 rings (SSSR count). The Balaban J connectivity index is 1.97. The summed E-state index contributed by atoms with van der Waals surface area (Å²) in [6, 6.07) is 7.20. The molecule has 5 nitrogen and oxygen atoms in total. The number of amides is 1. The number of benzene rings is 1. The van der Waals surface area contributed by atoms with Crippen LogP contribution in [0.25, 0.3) is 0 Å². The Bertz CT molecular complexity index is 558. The number of aliphatic carboxylic acids is 1. The van der Waals surface area contributed by atoms with Crippen LogP contribution in [0.5, 0.6) is 5.75 Å². The van der Waals surface area contributed by atoms with Crippen LogP contribution < -0.4 is 10.1 Å². The molecule has 0 heterocycles. The third-order valence-corrected chi connectivity index (χ3v) is 4.33. The molecule has 1 aromatic carbocycles. The van der Waals surface area contributed by atoms with Crippen molar-refractivity contribution in [2.45, 2.75) is 58.1 Å². The summed E-state index contributed by atoms with van der Waals surface area (Å²) in [6.07, 6.45) is 3.54. The number of hydrogen-bond acceptors (Lipinski definition) is 3. The molecule has 1 aliphatic rings. The molecular weight excluding hydrogens is 294 g/mol. The lowest BCUT2D eigenvalue weighted by molar-refractivity contribution is -0.143. The predicted molar refractivity (Wildman–Crippen MR) is 87.4 cm³/mol. The molecule has 23 heavy (non-hydrogen) atoms. The fourth-order valence-corrected chi connectivity index (χ4v) is 3.02. The Labute approximate surface area is 137 Å². The number of carbonyl (C=O) groups excluding carboxylic acids is 1. The van der Waals surface area contributed by atoms with E-state index in [-0.39, 0.29) is 11.9 Å². The first-order valence-corrected chi connectivity index (χ1v) is 8.24. The average molecular weight is 319 g/mol. The number of aryl methyl sites for hydroxylation is 1. The van der Waals surface area contributed by atoms with Crippen LogP contribution in [0.15, 0.2) is 24.3 Å². The number of rotatable bonds is 5. The van der Waals surface area contributed by atoms with Gasteiger partial charge >= 0.3 is 5.97 Å². The van der Waals surface area contributed by atoms with Crippen LogP contribution in [0.1, 0.15) is 44.6 Å². The second-order valence-corrected chi connectivity index (χ2v) is 6.27. The maximum atomic E-state index is 12.4. The number of hydrogen-bond donors (Lipinski definition) is 2. The van der Waals surface area contributed by atoms with Crippen molar-refractivity contribution in [3.8, 4) is 5.75 Å². The lowest BCUT2D eigenvalue weighted by Crippen LogP contribution is -2.47. The van der Waals surface area contributed by atoms with E-state index in [9.17, 15) is 14.7 Å². The monoisotopic (exact) mass is 319 g/mol. The Morgan fingerprint density at radius 1 is 1.26 bits per heavy atom. The van der Waals surface area contributed by atoms with Gasteiger partial charge in [0.2, 0.25) is 0 Å². The molecule has 1 unspecified atom stereocenters. The highest BCUT2D eigenvalue weighted by Gasteiger charge is 2.31. The molecule has 2 N–H and O–H groups in total. The molecule has 0 aliphatic heterocycles. The summed E-state index contributed by atoms with van der Waals surface area (Å²) in [5.74, 6) is -0.954. The average Bonchev–Trinajstić information content (AvgIpc) is 2.72. The lowest BCUT2D eigenvalue weighted by atomic mass is 9.94. The normalized spacial score (nSPS) is 22.7. The van der Waals surface area contributed by atoms with Gasteiger partial charge in [0.15, 0.2) is 6.10 Å². The molecule has 3 atom stereocenters. The van der Waals surface area contributed by atoms with E-state index in [1.54, 1.807) is 6.92 Å². The largest absolute Gasteiger partial charge is 0.481 e. The van der Waals surface area contributed by atoms with Gasteiger partial charge in [0.05, 0.1) is 5.92 Å². The lowest BCUT2D eigenvalue weighted by Gasteiger charge is -2.25. The number of ether oxygens (including phenoxy) is 1. The van der Waals surface area contributed by atoms with Crippen LogP contribution in [-0.4, -0.2) is 29.1 Å². The second kappa shape index (κ2) is 7.99. The number of carboxylic acid groups (broad SMARTS) is 1. The van der Waals surface area contributed by atoms with E-state index in [1.165, 1.54) is 0 Å². The van der Waals surface area contributed by atoms with E-state index in [2.05, 4.69) is 5.32 Å². The first-order chi connectivity index (χ1) is 11.0. The van der Waals surface area contributed by atoms with E-state index in [0.717, 1.165) is 24.8 Å². The number of nitrogens with one attached hydrogen (secondary N) is 1. The summed E-state index contributed by atoms with van der Waals surface area (Å²) < 4.78 is 5.67. The third-order valence-electron chi connectivity index (χ3n) is 4.33. The molecule has 0 aromatic heterocycles. The van der Waals surface area contributed by atoms with E-state index in [4.69, 9.17) is 4.74 Å². The van der Waals surface area contributed by atoms with Crippen LogP contribution in [-0.2, 0) is 9.59 Å². The van der Waals surface area contributed by atoms with Crippen molar-refractivity contribution in [1.29, 1.82) is 0 Å². The van der Waals surface area contributed by atoms with Crippen molar-refractivity contribution in [3.63, 3.8) is 0 Å². The van der Waals surface area contributed by atoms with Gasteiger partial charge in [0, 0.05) is 6.04 Å². The summed E-state index contributed by atoms with van der Waals surface area (Å²) in [4.78, 5) is 23.8. The van der Waals surface area contributed by atoms with Gasteiger partial charge in [0.25, 0.3) is 5.91 Å². The highest BCUT2D eigenvalue weighted by atomic mass is 16.5. The topological polar surface area (TPSA) is 75.6 Å². The zero-order chi connectivity index (χ0) is 16.8. The molecule has 1 aromatic rings. The van der Waals surface area contributed by atoms with Crippen LogP contribution in [0.2, 0.25) is 0 Å². The van der Waals surface area contributed by atoms with Crippen molar-refractivity contribution in [2.75, 3.05) is 0 Å². The van der Waals surface area contributed by atoms with Crippen molar-refractivity contribution in [2.24, 2.45) is 5.92 Å². The SMILES string of the molecule is Cc1cccc(OC(C)C(=O)N[C@H]2CCCCC[C@H]2C(=O)O)c1. The summed E-state index contributed by atoms with van der Waals surface area (Å²) >= 11 is 0. The standard InChI is InChI=1S/C18H25NO4/c1-12-7-6-8-14(11-12)23-13(2)17(20)19-16-10-5-3-4-9-15(16)18(21)22/h6-8,11,13,15-16H,3-5,9-10H2,1-2H3,(H,19,20)(H,21,22)/t13?,15-,16+/m1/s1. The van der Waals surface area contributed by atoms with E-state index in [0.29, 0.717) is 18.6 Å². The van der Waals surface area contributed by atoms with Gasteiger partial charge in [-0.2, -0.15) is 0 Å². The van der Waals surface area contributed by atoms with Crippen molar-refractivity contribution in [1.82, 2.24) is 5.32 Å². The Kier molecular flexibility index (Phi) is 6.02. The van der Waals surface area contributed by atoms with Gasteiger partial charge in [0.1, 0.15) is 5.75 Å². The minimum atomic E-state index is -0.829. The van der Waals surface area contributed by atoms with Gasteiger partial charge in [-0.3, -0.25) is 9.59 Å². The predicted octanol–water partition coefficient (Wildman–Crippen LogP) is 2.91. The van der Waals surface area contributed by atoms with Gasteiger partial charge in [-0.25, -0.2) is 0 Å². The van der Waals surface area contributed by atoms with E-state index in [1.807, 2.05) is 31.2 Å². The van der Waals surface area contributed by atoms with Crippen LogP contribution in [0.3, 0.4) is 0 Å². The quantitative estimate of drug-likeness (QED) is 0.818. The molecule has 5 heteroatoms. The molecule has 0 radical (unpaired) electrons. The molecule has 0 saturated heterocycles. The fourth-order valence-electron chi connectivity index (χ4n) is 3.02. The second-order valence-electron chi connectivity index (χ2n) is 6.27. The highest BCUT2D eigenvalue weighted by molar-refractivity contribution is 5.82. The van der Waals surface area contributed by atoms with Gasteiger partial charge < -0.3 is 15.2 Å². The Hall–Kier alpha value is -2.04. The Morgan fingerprint density at radius 3 is 2.70 bits per heavy atom. The molecule has 1 aliphatic carbocycles. The summed E-state index contributed by atoms with van der Waals surface area (Å²) in [6.45, 7) is 3.64. The van der Waals surface area contributed by atoms with E-state index < -0.39 is 18.0 Å². The highest BCUT2D eigenvalue weighted by Crippen LogP contribution is 2.24. The zero-order valence-corrected chi connectivity index (χ0v) is 13.7. The molecule has 0 spiro atoms. The zero-order valence-electron chi connectivity index (χ0n) is 13.7. The van der Waals surface area contributed by atoms with Crippen molar-refractivity contribution < 1.29 is 19.4 Å². The minimum absolute atomic E-state index is 0.260. The third kappa shape index (κ3) is 4.98. The molecular formula is C18H25NO4. The fraction of sp³-hybridized carbons (Fsp3) is 0.556. The van der Waals surface area contributed by atoms with Crippen molar-refractivity contribution >= 4 is 11.9 Å². The van der Waals surface area contributed by atoms with Gasteiger partial charge in [-0.15, -0.1) is 0 Å². The molecule has 1 amide bonds. The van der Waals surface area contributed by atoms with Crippen LogP contribution in [0, 0.1) is 12.8 Å².